The van der Waals surface area contributed by atoms with Crippen LogP contribution >= 0.6 is 27.5 Å². The van der Waals surface area contributed by atoms with Crippen LogP contribution in [-0.4, -0.2) is 16.3 Å². The van der Waals surface area contributed by atoms with Crippen LogP contribution in [0.4, 0.5) is 29.1 Å². The van der Waals surface area contributed by atoms with E-state index in [0.717, 1.165) is 6.07 Å². The quantitative estimate of drug-likeness (QED) is 0.363. The van der Waals surface area contributed by atoms with Crippen LogP contribution < -0.4 is 10.1 Å². The molecule has 0 unspecified atom stereocenters. The summed E-state index contributed by atoms with van der Waals surface area (Å²) in [6, 6.07) is 11.0. The van der Waals surface area contributed by atoms with Crippen molar-refractivity contribution in [1.29, 1.82) is 0 Å². The molecule has 3 aromatic rings. The molecule has 0 radical (unpaired) electrons. The van der Waals surface area contributed by atoms with Crippen LogP contribution in [0.2, 0.25) is 5.15 Å². The number of hydrogen-bond donors (Lipinski definition) is 1. The highest BCUT2D eigenvalue weighted by Gasteiger charge is 2.31. The zero-order valence-corrected chi connectivity index (χ0v) is 15.5. The molecule has 10 heteroatoms. The number of nitrogens with one attached hydrogen (secondary N) is 1. The molecule has 0 bridgehead atoms. The Balaban J connectivity index is 1.87. The molecule has 0 spiro atoms. The smallest absolute Gasteiger partial charge is 0.405 e. The number of hydrogen-bond acceptors (Lipinski definition) is 4. The minimum Gasteiger partial charge on any atom is -0.405 e. The zero-order chi connectivity index (χ0) is 19.6. The van der Waals surface area contributed by atoms with Gasteiger partial charge in [-0.1, -0.05) is 23.7 Å². The van der Waals surface area contributed by atoms with Crippen LogP contribution in [0.1, 0.15) is 0 Å². The van der Waals surface area contributed by atoms with Gasteiger partial charge in [-0.3, -0.25) is 0 Å². The van der Waals surface area contributed by atoms with E-state index in [0.29, 0.717) is 11.3 Å². The van der Waals surface area contributed by atoms with Gasteiger partial charge in [0.1, 0.15) is 22.5 Å². The van der Waals surface area contributed by atoms with Crippen LogP contribution in [-0.2, 0) is 0 Å². The monoisotopic (exact) mass is 461 g/mol. The van der Waals surface area contributed by atoms with Crippen molar-refractivity contribution in [3.05, 3.63) is 64.0 Å². The molecule has 140 valence electrons. The van der Waals surface area contributed by atoms with Gasteiger partial charge in [-0.25, -0.2) is 14.4 Å². The molecular weight excluding hydrogens is 454 g/mol. The van der Waals surface area contributed by atoms with Gasteiger partial charge in [-0.05, 0) is 46.3 Å². The summed E-state index contributed by atoms with van der Waals surface area (Å²) in [6.07, 6.45) is -4.79. The molecule has 0 amide bonds. The Morgan fingerprint density at radius 3 is 2.48 bits per heavy atom. The lowest BCUT2D eigenvalue weighted by atomic mass is 10.2. The van der Waals surface area contributed by atoms with Crippen LogP contribution in [0.3, 0.4) is 0 Å². The minimum atomic E-state index is -4.79. The molecule has 0 aliphatic rings. The molecule has 0 aliphatic carbocycles. The summed E-state index contributed by atoms with van der Waals surface area (Å²) in [7, 11) is 0. The van der Waals surface area contributed by atoms with Crippen molar-refractivity contribution in [2.45, 2.75) is 6.36 Å². The number of benzene rings is 2. The predicted molar refractivity (Wildman–Crippen MR) is 96.5 cm³/mol. The first-order chi connectivity index (χ1) is 12.7. The largest absolute Gasteiger partial charge is 0.573 e. The number of alkyl halides is 3. The fourth-order valence-corrected chi connectivity index (χ4v) is 2.82. The van der Waals surface area contributed by atoms with Crippen LogP contribution in [0.15, 0.2) is 53.0 Å². The molecule has 4 nitrogen and oxygen atoms in total. The number of anilines is 2. The van der Waals surface area contributed by atoms with Gasteiger partial charge in [0.05, 0.1) is 4.47 Å². The Morgan fingerprint density at radius 1 is 1.04 bits per heavy atom. The van der Waals surface area contributed by atoms with Gasteiger partial charge in [-0.2, -0.15) is 0 Å². The molecular formula is C17H9BrClF4N3O. The molecule has 0 aliphatic heterocycles. The Kier molecular flexibility index (Phi) is 5.52. The molecule has 27 heavy (non-hydrogen) atoms. The van der Waals surface area contributed by atoms with Crippen molar-refractivity contribution in [3.63, 3.8) is 0 Å². The number of rotatable bonds is 4. The van der Waals surface area contributed by atoms with Gasteiger partial charge in [0.15, 0.2) is 5.82 Å². The third kappa shape index (κ3) is 5.30. The van der Waals surface area contributed by atoms with Crippen molar-refractivity contribution >= 4 is 39.0 Å². The van der Waals surface area contributed by atoms with Crippen LogP contribution in [0.5, 0.6) is 5.75 Å². The molecule has 1 heterocycles. The highest BCUT2D eigenvalue weighted by Crippen LogP contribution is 2.33. The average Bonchev–Trinajstić information content (AvgIpc) is 2.56. The van der Waals surface area contributed by atoms with E-state index in [9.17, 15) is 17.6 Å². The van der Waals surface area contributed by atoms with Gasteiger partial charge in [0.2, 0.25) is 0 Å². The molecule has 1 N–H and O–H groups in total. The second kappa shape index (κ2) is 7.69. The number of ether oxygens (including phenoxy) is 1. The van der Waals surface area contributed by atoms with Crippen LogP contribution in [0, 0.1) is 5.82 Å². The predicted octanol–water partition coefficient (Wildman–Crippen LogP) is 6.34. The highest BCUT2D eigenvalue weighted by atomic mass is 79.9. The highest BCUT2D eigenvalue weighted by molar-refractivity contribution is 9.10. The number of halogens is 6. The summed E-state index contributed by atoms with van der Waals surface area (Å²) >= 11 is 9.02. The van der Waals surface area contributed by atoms with Crippen molar-refractivity contribution in [3.8, 4) is 17.1 Å². The number of nitrogens with zero attached hydrogens (tertiary/aromatic N) is 2. The van der Waals surface area contributed by atoms with Crippen molar-refractivity contribution in [1.82, 2.24) is 9.97 Å². The lowest BCUT2D eigenvalue weighted by Gasteiger charge is -2.13. The molecule has 1 aromatic heterocycles. The van der Waals surface area contributed by atoms with Crippen LogP contribution in [0.25, 0.3) is 11.4 Å². The second-order valence-corrected chi connectivity index (χ2v) is 6.47. The lowest BCUT2D eigenvalue weighted by Crippen LogP contribution is -2.17. The first kappa shape index (κ1) is 19.4. The van der Waals surface area contributed by atoms with E-state index in [1.54, 1.807) is 6.07 Å². The molecule has 0 atom stereocenters. The summed E-state index contributed by atoms with van der Waals surface area (Å²) in [5.41, 5.74) is 0.854. The Hall–Kier alpha value is -2.39. The maximum atomic E-state index is 13.4. The van der Waals surface area contributed by atoms with E-state index < -0.39 is 12.2 Å². The molecule has 0 saturated heterocycles. The van der Waals surface area contributed by atoms with Gasteiger partial charge in [0, 0.05) is 17.3 Å². The zero-order valence-electron chi connectivity index (χ0n) is 13.2. The maximum Gasteiger partial charge on any atom is 0.573 e. The van der Waals surface area contributed by atoms with E-state index >= 15 is 0 Å². The SMILES string of the molecule is Fc1cccc(-c2nc(Cl)cc(Nc3ccc(OC(F)(F)F)c(Br)c3)n2)c1. The van der Waals surface area contributed by atoms with E-state index in [2.05, 4.69) is 36.0 Å². The molecule has 3 rings (SSSR count). The van der Waals surface area contributed by atoms with Gasteiger partial charge in [-0.15, -0.1) is 13.2 Å². The Labute approximate surface area is 164 Å². The normalized spacial score (nSPS) is 11.3. The van der Waals surface area contributed by atoms with E-state index in [-0.39, 0.29) is 27.0 Å². The molecule has 0 fully saturated rings. The third-order valence-corrected chi connectivity index (χ3v) is 4.02. The van der Waals surface area contributed by atoms with Gasteiger partial charge >= 0.3 is 6.36 Å². The average molecular weight is 463 g/mol. The fourth-order valence-electron chi connectivity index (χ4n) is 2.17. The van der Waals surface area contributed by atoms with E-state index in [1.807, 2.05) is 0 Å². The summed E-state index contributed by atoms with van der Waals surface area (Å²) in [5.74, 6) is -0.352. The Morgan fingerprint density at radius 2 is 1.81 bits per heavy atom. The molecule has 2 aromatic carbocycles. The van der Waals surface area contributed by atoms with Crippen molar-refractivity contribution in [2.75, 3.05) is 5.32 Å². The third-order valence-electron chi connectivity index (χ3n) is 3.21. The summed E-state index contributed by atoms with van der Waals surface area (Å²) in [5, 5.41) is 3.02. The standard InChI is InChI=1S/C17H9BrClF4N3O/c18-12-7-11(4-5-13(12)27-17(21,22)23)24-15-8-14(19)25-16(26-15)9-2-1-3-10(20)6-9/h1-8H,(H,24,25,26). The topological polar surface area (TPSA) is 47.0 Å². The Bertz CT molecular complexity index is 985. The van der Waals surface area contributed by atoms with E-state index in [1.165, 1.54) is 36.4 Å². The van der Waals surface area contributed by atoms with Crippen molar-refractivity contribution in [2.24, 2.45) is 0 Å². The van der Waals surface area contributed by atoms with E-state index in [4.69, 9.17) is 11.6 Å². The summed E-state index contributed by atoms with van der Waals surface area (Å²) < 4.78 is 54.4. The minimum absolute atomic E-state index is 0.0929. The fraction of sp³-hybridized carbons (Fsp3) is 0.0588. The first-order valence-corrected chi connectivity index (χ1v) is 8.49. The summed E-state index contributed by atoms with van der Waals surface area (Å²) in [6.45, 7) is 0. The van der Waals surface area contributed by atoms with Crippen molar-refractivity contribution < 1.29 is 22.3 Å². The number of aromatic nitrogens is 2. The second-order valence-electron chi connectivity index (χ2n) is 5.23. The van der Waals surface area contributed by atoms with Gasteiger partial charge < -0.3 is 10.1 Å². The first-order valence-electron chi connectivity index (χ1n) is 7.32. The van der Waals surface area contributed by atoms with Gasteiger partial charge in [0.25, 0.3) is 0 Å². The molecule has 0 saturated carbocycles. The lowest BCUT2D eigenvalue weighted by molar-refractivity contribution is -0.274. The summed E-state index contributed by atoms with van der Waals surface area (Å²) in [4.78, 5) is 8.30. The maximum absolute atomic E-state index is 13.4.